The van der Waals surface area contributed by atoms with E-state index in [0.717, 1.165) is 0 Å². The van der Waals surface area contributed by atoms with Gasteiger partial charge in [0.1, 0.15) is 0 Å². The van der Waals surface area contributed by atoms with Crippen LogP contribution >= 0.6 is 8.51 Å². The zero-order chi connectivity index (χ0) is 4.50. The van der Waals surface area contributed by atoms with Gasteiger partial charge in [-0.3, -0.25) is 0 Å². The average molecular weight is 166 g/mol. The molecule has 0 saturated carbocycles. The van der Waals surface area contributed by atoms with E-state index in [-0.39, 0.29) is 16.5 Å². The fraction of sp³-hybridized carbons (Fsp3) is 0. The molecule has 0 nitrogen and oxygen atoms in total. The van der Waals surface area contributed by atoms with E-state index in [9.17, 15) is 16.8 Å². The molecule has 0 aliphatic rings. The van der Waals surface area contributed by atoms with Gasteiger partial charge in [-0.2, -0.15) is 0 Å². The van der Waals surface area contributed by atoms with Crippen molar-refractivity contribution in [3.63, 3.8) is 0 Å². The largest absolute Gasteiger partial charge is 0.755 e. The second-order valence-corrected chi connectivity index (χ2v) is 1.15. The molecule has 0 atom stereocenters. The van der Waals surface area contributed by atoms with E-state index in [1.165, 1.54) is 0 Å². The zero-order valence-electron chi connectivity index (χ0n) is 2.28. The smallest absolute Gasteiger partial charge is 0 e. The molecule has 6 heavy (non-hydrogen) atoms. The maximum absolute atomic E-state index is 9.80. The molecule has 6 heteroatoms. The molecule has 0 N–H and O–H groups in total. The molecule has 0 aliphatic carbocycles. The molecule has 0 rings (SSSR count). The van der Waals surface area contributed by atoms with Gasteiger partial charge in [-0.25, -0.2) is 0 Å². The van der Waals surface area contributed by atoms with Crippen molar-refractivity contribution >= 4 is 8.51 Å². The van der Waals surface area contributed by atoms with Gasteiger partial charge >= 0.3 is 8.51 Å². The number of halogens is 4. The third-order valence-electron chi connectivity index (χ3n) is 0. The summed E-state index contributed by atoms with van der Waals surface area (Å²) in [5.74, 6) is 0. The van der Waals surface area contributed by atoms with E-state index in [2.05, 4.69) is 0 Å². The van der Waals surface area contributed by atoms with Gasteiger partial charge in [-0.15, -0.1) is 0 Å². The standard InChI is InChI=1S/F4P.Ni/c1-5(2,3)4;/q+1;. The molecule has 0 aromatic rings. The van der Waals surface area contributed by atoms with Crippen molar-refractivity contribution in [3.8, 4) is 0 Å². The van der Waals surface area contributed by atoms with Gasteiger partial charge < -0.3 is 0 Å². The van der Waals surface area contributed by atoms with E-state index < -0.39 is 8.51 Å². The fourth-order valence-electron chi connectivity index (χ4n) is 0. The first-order chi connectivity index (χ1) is 2.00. The van der Waals surface area contributed by atoms with Crippen LogP contribution in [0.25, 0.3) is 0 Å². The summed E-state index contributed by atoms with van der Waals surface area (Å²) in [5.41, 5.74) is 0. The molecular weight excluding hydrogens is 166 g/mol. The number of rotatable bonds is 0. The van der Waals surface area contributed by atoms with Gasteiger partial charge in [-0.1, -0.05) is 0 Å². The molecule has 0 aromatic carbocycles. The van der Waals surface area contributed by atoms with Crippen LogP contribution in [0, 0.1) is 0 Å². The number of hydrogen-bond acceptors (Lipinski definition) is 0. The molecule has 0 spiro atoms. The molecule has 0 radical (unpaired) electrons. The Hall–Kier alpha value is 0.644. The molecule has 0 aliphatic heterocycles. The van der Waals surface area contributed by atoms with E-state index in [1.54, 1.807) is 0 Å². The van der Waals surface area contributed by atoms with Crippen LogP contribution in [0.2, 0.25) is 0 Å². The Morgan fingerprint density at radius 2 is 0.833 bits per heavy atom. The van der Waals surface area contributed by atoms with Crippen molar-refractivity contribution < 1.29 is 33.3 Å². The zero-order valence-corrected chi connectivity index (χ0v) is 4.16. The molecule has 0 fully saturated rings. The topological polar surface area (TPSA) is 0 Å². The molecule has 0 amide bonds. The molecule has 0 bridgehead atoms. The Kier molecular flexibility index (Phi) is 4.51. The van der Waals surface area contributed by atoms with Crippen molar-refractivity contribution in [2.75, 3.05) is 0 Å². The Morgan fingerprint density at radius 1 is 0.833 bits per heavy atom. The van der Waals surface area contributed by atoms with E-state index in [4.69, 9.17) is 0 Å². The average Bonchev–Trinajstić information content (AvgIpc) is 0.722. The summed E-state index contributed by atoms with van der Waals surface area (Å²) < 4.78 is 39.2. The summed E-state index contributed by atoms with van der Waals surface area (Å²) in [5, 5.41) is 0. The Bertz CT molecular complexity index is 23.0. The van der Waals surface area contributed by atoms with Crippen LogP contribution in [-0.2, 0) is 16.5 Å². The van der Waals surface area contributed by atoms with E-state index in [0.29, 0.717) is 0 Å². The predicted molar refractivity (Wildman–Crippen MR) is 11.4 cm³/mol. The molecule has 42 valence electrons. The van der Waals surface area contributed by atoms with Crippen molar-refractivity contribution in [1.82, 2.24) is 0 Å². The van der Waals surface area contributed by atoms with Crippen molar-refractivity contribution in [2.24, 2.45) is 0 Å². The minimum Gasteiger partial charge on any atom is 0 e. The third-order valence-corrected chi connectivity index (χ3v) is 0. The Balaban J connectivity index is 0. The van der Waals surface area contributed by atoms with E-state index >= 15 is 0 Å². The van der Waals surface area contributed by atoms with Crippen molar-refractivity contribution in [2.45, 2.75) is 0 Å². The van der Waals surface area contributed by atoms with Crippen LogP contribution in [-0.4, -0.2) is 0 Å². The van der Waals surface area contributed by atoms with Crippen LogP contribution in [0.4, 0.5) is 16.8 Å². The van der Waals surface area contributed by atoms with Crippen molar-refractivity contribution in [3.05, 3.63) is 0 Å². The van der Waals surface area contributed by atoms with Gasteiger partial charge in [0.15, 0.2) is 0 Å². The van der Waals surface area contributed by atoms with Gasteiger partial charge in [0.25, 0.3) is 0 Å². The van der Waals surface area contributed by atoms with Gasteiger partial charge in [0, 0.05) is 16.5 Å². The summed E-state index contributed by atoms with van der Waals surface area (Å²) in [4.78, 5) is 0. The summed E-state index contributed by atoms with van der Waals surface area (Å²) in [6.45, 7) is 0. The minimum atomic E-state index is -6.39. The quantitative estimate of drug-likeness (QED) is 0.294. The maximum Gasteiger partial charge on any atom is 0.755 e. The van der Waals surface area contributed by atoms with Gasteiger partial charge in [-0.05, 0) is 0 Å². The second kappa shape index (κ2) is 2.76. The summed E-state index contributed by atoms with van der Waals surface area (Å²) in [6, 6.07) is 0. The van der Waals surface area contributed by atoms with Crippen LogP contribution < -0.4 is 0 Å². The van der Waals surface area contributed by atoms with Gasteiger partial charge in [0.05, 0.1) is 16.8 Å². The molecule has 0 aromatic heterocycles. The van der Waals surface area contributed by atoms with Crippen molar-refractivity contribution in [1.29, 1.82) is 0 Å². The minimum absolute atomic E-state index is 0. The second-order valence-electron chi connectivity index (χ2n) is 0.383. The molecule has 0 heterocycles. The molecule has 0 unspecified atom stereocenters. The van der Waals surface area contributed by atoms with Gasteiger partial charge in [0.2, 0.25) is 0 Å². The van der Waals surface area contributed by atoms with E-state index in [1.807, 2.05) is 0 Å². The Morgan fingerprint density at radius 3 is 0.833 bits per heavy atom. The Labute approximate surface area is 42.7 Å². The summed E-state index contributed by atoms with van der Waals surface area (Å²) >= 11 is 0. The maximum atomic E-state index is 9.80. The first kappa shape index (κ1) is 9.81. The van der Waals surface area contributed by atoms with Crippen LogP contribution in [0.5, 0.6) is 0 Å². The molecule has 0 saturated heterocycles. The summed E-state index contributed by atoms with van der Waals surface area (Å²) in [6.07, 6.45) is 0. The first-order valence-electron chi connectivity index (χ1n) is 0.676. The van der Waals surface area contributed by atoms with Crippen LogP contribution in [0.1, 0.15) is 0 Å². The SMILES string of the molecule is F[P+](F)(F)F.[Ni]. The number of hydrogen-bond donors (Lipinski definition) is 0. The van der Waals surface area contributed by atoms with Crippen LogP contribution in [0.3, 0.4) is 0 Å². The first-order valence-corrected chi connectivity index (χ1v) is 2.03. The summed E-state index contributed by atoms with van der Waals surface area (Å²) in [7, 11) is -6.39. The monoisotopic (exact) mass is 165 g/mol. The van der Waals surface area contributed by atoms with Crippen LogP contribution in [0.15, 0.2) is 0 Å². The predicted octanol–water partition coefficient (Wildman–Crippen LogP) is 2.54. The normalized spacial score (nSPS) is 10.0. The molecular formula is F4NiP+. The third kappa shape index (κ3) is 149. The fourth-order valence-corrected chi connectivity index (χ4v) is 0.